The highest BCUT2D eigenvalue weighted by atomic mass is 16.4. The molecule has 0 aromatic rings. The first kappa shape index (κ1) is 10.4. The highest BCUT2D eigenvalue weighted by molar-refractivity contribution is 5.73. The van der Waals surface area contributed by atoms with Gasteiger partial charge in [-0.15, -0.1) is 0 Å². The van der Waals surface area contributed by atoms with Crippen molar-refractivity contribution in [3.05, 3.63) is 0 Å². The van der Waals surface area contributed by atoms with Crippen molar-refractivity contribution in [2.24, 2.45) is 5.92 Å². The zero-order chi connectivity index (χ0) is 8.85. The zero-order valence-corrected chi connectivity index (χ0v) is 6.87. The van der Waals surface area contributed by atoms with Gasteiger partial charge in [0.15, 0.2) is 0 Å². The van der Waals surface area contributed by atoms with Gasteiger partial charge >= 0.3 is 5.97 Å². The van der Waals surface area contributed by atoms with E-state index in [-0.39, 0.29) is 12.5 Å². The monoisotopic (exact) mass is 161 g/mol. The lowest BCUT2D eigenvalue weighted by molar-refractivity contribution is -0.139. The second-order valence-corrected chi connectivity index (χ2v) is 2.70. The van der Waals surface area contributed by atoms with E-state index in [4.69, 9.17) is 10.2 Å². The van der Waals surface area contributed by atoms with Gasteiger partial charge in [-0.2, -0.15) is 0 Å². The Hall–Kier alpha value is -0.610. The molecule has 4 heteroatoms. The minimum absolute atomic E-state index is 0.0311. The molecule has 1 unspecified atom stereocenters. The Bertz CT molecular complexity index is 127. The first-order valence-electron chi connectivity index (χ1n) is 3.62. The second kappa shape index (κ2) is 5.09. The number of aliphatic carboxylic acids is 1. The summed E-state index contributed by atoms with van der Waals surface area (Å²) in [7, 11) is 1.60. The number of aliphatic hydroxyl groups is 1. The lowest BCUT2D eigenvalue weighted by Crippen LogP contribution is -2.35. The Labute approximate surface area is 66.2 Å². The normalized spacial score (nSPS) is 15.9. The molecule has 0 aliphatic heterocycles. The van der Waals surface area contributed by atoms with Crippen LogP contribution in [0.25, 0.3) is 0 Å². The summed E-state index contributed by atoms with van der Waals surface area (Å²) >= 11 is 0. The van der Waals surface area contributed by atoms with Gasteiger partial charge in [0.05, 0.1) is 0 Å². The van der Waals surface area contributed by atoms with Crippen molar-refractivity contribution < 1.29 is 15.0 Å². The van der Waals surface area contributed by atoms with Crippen LogP contribution in [0, 0.1) is 5.92 Å². The molecule has 0 aliphatic carbocycles. The fraction of sp³-hybridized carbons (Fsp3) is 0.857. The molecule has 2 atom stereocenters. The van der Waals surface area contributed by atoms with Gasteiger partial charge in [-0.1, -0.05) is 6.92 Å². The summed E-state index contributed by atoms with van der Waals surface area (Å²) < 4.78 is 0. The van der Waals surface area contributed by atoms with E-state index in [2.05, 4.69) is 5.32 Å². The second-order valence-electron chi connectivity index (χ2n) is 2.70. The molecule has 0 aromatic heterocycles. The van der Waals surface area contributed by atoms with Gasteiger partial charge in [0.25, 0.3) is 0 Å². The molecule has 0 saturated carbocycles. The quantitative estimate of drug-likeness (QED) is 0.516. The zero-order valence-electron chi connectivity index (χ0n) is 6.87. The maximum Gasteiger partial charge on any atom is 0.320 e. The molecule has 3 N–H and O–H groups in total. The van der Waals surface area contributed by atoms with Crippen molar-refractivity contribution in [2.75, 3.05) is 13.7 Å². The van der Waals surface area contributed by atoms with Crippen molar-refractivity contribution in [2.45, 2.75) is 19.4 Å². The third-order valence-electron chi connectivity index (χ3n) is 1.60. The average molecular weight is 161 g/mol. The van der Waals surface area contributed by atoms with Gasteiger partial charge in [0, 0.05) is 6.61 Å². The van der Waals surface area contributed by atoms with Crippen LogP contribution in [0.2, 0.25) is 0 Å². The van der Waals surface area contributed by atoms with Crippen LogP contribution in [0.4, 0.5) is 0 Å². The van der Waals surface area contributed by atoms with Crippen LogP contribution in [0.5, 0.6) is 0 Å². The molecule has 0 radical (unpaired) electrons. The number of carboxylic acid groups (broad SMARTS) is 1. The summed E-state index contributed by atoms with van der Waals surface area (Å²) in [5.74, 6) is -0.837. The Balaban J connectivity index is 3.77. The topological polar surface area (TPSA) is 69.6 Å². The number of carbonyl (C=O) groups is 1. The van der Waals surface area contributed by atoms with E-state index in [9.17, 15) is 4.79 Å². The Morgan fingerprint density at radius 2 is 2.18 bits per heavy atom. The van der Waals surface area contributed by atoms with Crippen LogP contribution in [0.15, 0.2) is 0 Å². The lowest BCUT2D eigenvalue weighted by atomic mass is 10.0. The third kappa shape index (κ3) is 3.95. The predicted molar refractivity (Wildman–Crippen MR) is 41.4 cm³/mol. The van der Waals surface area contributed by atoms with Crippen molar-refractivity contribution in [1.29, 1.82) is 0 Å². The van der Waals surface area contributed by atoms with Gasteiger partial charge in [0.2, 0.25) is 0 Å². The summed E-state index contributed by atoms with van der Waals surface area (Å²) in [5, 5.41) is 19.9. The number of hydrogen-bond donors (Lipinski definition) is 3. The molecule has 0 fully saturated rings. The molecular formula is C7H15NO3. The van der Waals surface area contributed by atoms with Crippen molar-refractivity contribution in [1.82, 2.24) is 5.32 Å². The van der Waals surface area contributed by atoms with E-state index < -0.39 is 12.0 Å². The Morgan fingerprint density at radius 3 is 2.45 bits per heavy atom. The SMILES string of the molecule is CN[C@@H](CC(C)CO)C(=O)O. The number of rotatable bonds is 5. The van der Waals surface area contributed by atoms with Gasteiger partial charge in [-0.25, -0.2) is 0 Å². The van der Waals surface area contributed by atoms with Crippen LogP contribution in [0.3, 0.4) is 0 Å². The molecule has 4 nitrogen and oxygen atoms in total. The summed E-state index contributed by atoms with van der Waals surface area (Å²) in [6.07, 6.45) is 0.461. The maximum absolute atomic E-state index is 10.4. The molecule has 0 spiro atoms. The van der Waals surface area contributed by atoms with E-state index >= 15 is 0 Å². The summed E-state index contributed by atoms with van der Waals surface area (Å²) in [5.41, 5.74) is 0. The van der Waals surface area contributed by atoms with Crippen LogP contribution in [0.1, 0.15) is 13.3 Å². The first-order valence-corrected chi connectivity index (χ1v) is 3.62. The molecule has 0 heterocycles. The van der Waals surface area contributed by atoms with Gasteiger partial charge in [0.1, 0.15) is 6.04 Å². The van der Waals surface area contributed by atoms with Gasteiger partial charge in [-0.3, -0.25) is 4.79 Å². The standard InChI is InChI=1S/C7H15NO3/c1-5(4-9)3-6(8-2)7(10)11/h5-6,8-9H,3-4H2,1-2H3,(H,10,11)/t5?,6-/m0/s1. The fourth-order valence-corrected chi connectivity index (χ4v) is 0.819. The van der Waals surface area contributed by atoms with Gasteiger partial charge < -0.3 is 15.5 Å². The molecule has 66 valence electrons. The molecular weight excluding hydrogens is 146 g/mol. The van der Waals surface area contributed by atoms with E-state index in [1.807, 2.05) is 6.92 Å². The fourth-order valence-electron chi connectivity index (χ4n) is 0.819. The largest absolute Gasteiger partial charge is 0.480 e. The van der Waals surface area contributed by atoms with Crippen LogP contribution < -0.4 is 5.32 Å². The first-order chi connectivity index (χ1) is 5.11. The summed E-state index contributed by atoms with van der Waals surface area (Å²) in [4.78, 5) is 10.4. The van der Waals surface area contributed by atoms with E-state index in [0.29, 0.717) is 6.42 Å². The molecule has 0 saturated heterocycles. The summed E-state index contributed by atoms with van der Waals surface area (Å²) in [6, 6.07) is -0.544. The summed E-state index contributed by atoms with van der Waals surface area (Å²) in [6.45, 7) is 1.85. The smallest absolute Gasteiger partial charge is 0.320 e. The highest BCUT2D eigenvalue weighted by Crippen LogP contribution is 2.04. The van der Waals surface area contributed by atoms with E-state index in [1.165, 1.54) is 0 Å². The average Bonchev–Trinajstić information content (AvgIpc) is 1.99. The van der Waals surface area contributed by atoms with Crippen molar-refractivity contribution in [3.63, 3.8) is 0 Å². The van der Waals surface area contributed by atoms with Crippen molar-refractivity contribution in [3.8, 4) is 0 Å². The minimum atomic E-state index is -0.868. The van der Waals surface area contributed by atoms with E-state index in [0.717, 1.165) is 0 Å². The third-order valence-corrected chi connectivity index (χ3v) is 1.60. The molecule has 0 amide bonds. The number of carboxylic acids is 1. The molecule has 0 rings (SSSR count). The number of aliphatic hydroxyl groups excluding tert-OH is 1. The van der Waals surface area contributed by atoms with Crippen molar-refractivity contribution >= 4 is 5.97 Å². The molecule has 0 aliphatic rings. The lowest BCUT2D eigenvalue weighted by Gasteiger charge is -2.14. The number of likely N-dealkylation sites (N-methyl/N-ethyl adjacent to an activating group) is 1. The number of nitrogens with one attached hydrogen (secondary N) is 1. The predicted octanol–water partition coefficient (Wildman–Crippen LogP) is -0.323. The van der Waals surface area contributed by atoms with Gasteiger partial charge in [-0.05, 0) is 19.4 Å². The van der Waals surface area contributed by atoms with Crippen LogP contribution in [-0.2, 0) is 4.79 Å². The maximum atomic E-state index is 10.4. The minimum Gasteiger partial charge on any atom is -0.480 e. The Morgan fingerprint density at radius 1 is 1.64 bits per heavy atom. The molecule has 0 aromatic carbocycles. The van der Waals surface area contributed by atoms with Crippen LogP contribution >= 0.6 is 0 Å². The molecule has 11 heavy (non-hydrogen) atoms. The van der Waals surface area contributed by atoms with Crippen LogP contribution in [-0.4, -0.2) is 35.9 Å². The number of hydrogen-bond acceptors (Lipinski definition) is 3. The molecule has 0 bridgehead atoms. The van der Waals surface area contributed by atoms with E-state index in [1.54, 1.807) is 7.05 Å². The Kier molecular flexibility index (Phi) is 4.81. The highest BCUT2D eigenvalue weighted by Gasteiger charge is 2.17.